The van der Waals surface area contributed by atoms with Crippen molar-refractivity contribution < 1.29 is 59.7 Å². The van der Waals surface area contributed by atoms with E-state index in [4.69, 9.17) is 19.9 Å². The van der Waals surface area contributed by atoms with Crippen LogP contribution in [0.1, 0.15) is 42.2 Å². The van der Waals surface area contributed by atoms with Gasteiger partial charge in [0.1, 0.15) is 41.2 Å². The fourth-order valence-corrected chi connectivity index (χ4v) is 6.59. The lowest BCUT2D eigenvalue weighted by Crippen LogP contribution is -2.30. The van der Waals surface area contributed by atoms with Crippen LogP contribution in [-0.4, -0.2) is 120 Å². The maximum atomic E-state index is 13.6. The third-order valence-electron chi connectivity index (χ3n) is 10.1. The number of para-hydroxylation sites is 2. The molecule has 13 N–H and O–H groups in total. The minimum Gasteiger partial charge on any atom is -0.432 e. The number of pyridine rings is 4. The Labute approximate surface area is 441 Å². The summed E-state index contributed by atoms with van der Waals surface area (Å²) >= 11 is 0. The number of anilines is 8. The summed E-state index contributed by atoms with van der Waals surface area (Å²) in [4.78, 5) is 58.5. The van der Waals surface area contributed by atoms with Gasteiger partial charge in [-0.1, -0.05) is 12.1 Å². The Kier molecular flexibility index (Phi) is 23.4. The average Bonchev–Trinajstić information content (AvgIpc) is 3.97. The van der Waals surface area contributed by atoms with E-state index in [1.54, 1.807) is 34.1 Å². The van der Waals surface area contributed by atoms with Crippen LogP contribution in [0.3, 0.4) is 0 Å². The number of methoxy groups -OCH3 is 2. The lowest BCUT2D eigenvalue weighted by Gasteiger charge is -2.19. The number of hydrogen-bond donors (Lipinski definition) is 10. The number of hydrazine groups is 1. The molecular formula is C48H55F6N17O7. The summed E-state index contributed by atoms with van der Waals surface area (Å²) in [5, 5.41) is 22.9. The van der Waals surface area contributed by atoms with E-state index in [-0.39, 0.29) is 80.4 Å². The molecule has 24 nitrogen and oxygen atoms in total. The second-order valence-corrected chi connectivity index (χ2v) is 15.6. The van der Waals surface area contributed by atoms with Gasteiger partial charge in [-0.05, 0) is 75.5 Å². The number of benzene rings is 2. The van der Waals surface area contributed by atoms with Crippen molar-refractivity contribution in [2.75, 3.05) is 63.7 Å². The highest BCUT2D eigenvalue weighted by Gasteiger charge is 2.23. The molecule has 0 spiro atoms. The maximum absolute atomic E-state index is 13.6. The molecule has 0 saturated heterocycles. The monoisotopic (exact) mass is 1100 g/mol. The van der Waals surface area contributed by atoms with Crippen LogP contribution in [-0.2, 0) is 9.47 Å². The van der Waals surface area contributed by atoms with Crippen molar-refractivity contribution >= 4 is 63.7 Å². The van der Waals surface area contributed by atoms with E-state index in [1.165, 1.54) is 87.4 Å². The van der Waals surface area contributed by atoms with Gasteiger partial charge in [0.2, 0.25) is 6.41 Å². The molecule has 416 valence electrons. The highest BCUT2D eigenvalue weighted by Crippen LogP contribution is 2.39. The van der Waals surface area contributed by atoms with E-state index in [1.807, 2.05) is 19.0 Å². The maximum Gasteiger partial charge on any atom is 0.387 e. The summed E-state index contributed by atoms with van der Waals surface area (Å²) in [5.74, 6) is 5.72. The molecule has 30 heteroatoms. The summed E-state index contributed by atoms with van der Waals surface area (Å²) in [7, 11) is 9.83. The first-order valence-corrected chi connectivity index (χ1v) is 22.4. The van der Waals surface area contributed by atoms with Gasteiger partial charge in [0.05, 0.1) is 57.4 Å². The van der Waals surface area contributed by atoms with Crippen molar-refractivity contribution in [3.8, 4) is 22.9 Å². The van der Waals surface area contributed by atoms with Gasteiger partial charge in [0.25, 0.3) is 17.7 Å². The molecule has 7 aromatic rings. The standard InChI is InChI=1S/C22H19F3N8O2.C21H19F3N6O3.C5H13NO2.H4N2/c1-11-6-17(28-9-14(11)23)32-18-7-16(13(8-27-18)21(34)26-2)31-15-5-3-4-12(19(15)35-22(24)25)20-29-10-30-33-20;1-10-6-16(28-9-13(10)22)30-17-7-15(12(8-27-17)20(32)26-2)29-14-5-3-4-11(19(25)31)18(14)33-21(23)24;1-6(2)5(7-3)8-4;1-2/h3-10,22H,1-2H3,(H,26,34)(H,29,30,33)(H2,27,28,31,32);3-9,21H,1-2H3,(H2,25,31)(H,26,32)(H2,27,28,29,30);5H,1-4H3;1-2H2. The minimum absolute atomic E-state index is 0.0374. The fraction of sp³-hybridized carbons (Fsp3) is 0.229. The van der Waals surface area contributed by atoms with E-state index in [0.29, 0.717) is 16.9 Å². The highest BCUT2D eigenvalue weighted by atomic mass is 19.3. The summed E-state index contributed by atoms with van der Waals surface area (Å²) in [5.41, 5.74) is 6.63. The zero-order valence-electron chi connectivity index (χ0n) is 42.9. The Bertz CT molecular complexity index is 3100. The molecular weight excluding hydrogens is 1040 g/mol. The van der Waals surface area contributed by atoms with E-state index < -0.39 is 48.3 Å². The first kappa shape index (κ1) is 61.3. The molecule has 0 saturated carbocycles. The second kappa shape index (κ2) is 29.8. The topological polar surface area (TPSA) is 335 Å². The Balaban J connectivity index is 0.000000287. The normalized spacial score (nSPS) is 10.6. The lowest BCUT2D eigenvalue weighted by atomic mass is 10.1. The van der Waals surface area contributed by atoms with Crippen LogP contribution in [0, 0.1) is 25.5 Å². The van der Waals surface area contributed by atoms with E-state index in [0.717, 1.165) is 12.4 Å². The number of halogens is 6. The molecule has 0 atom stereocenters. The van der Waals surface area contributed by atoms with Gasteiger partial charge in [-0.15, -0.1) is 0 Å². The van der Waals surface area contributed by atoms with E-state index in [2.05, 4.69) is 83.4 Å². The van der Waals surface area contributed by atoms with Crippen LogP contribution in [0.2, 0.25) is 0 Å². The second-order valence-electron chi connectivity index (χ2n) is 15.6. The first-order valence-electron chi connectivity index (χ1n) is 22.4. The number of nitrogens with two attached hydrogens (primary N) is 3. The Morgan fingerprint density at radius 2 is 1.04 bits per heavy atom. The number of aryl methyl sites for hydroxylation is 2. The smallest absolute Gasteiger partial charge is 0.387 e. The molecule has 7 rings (SSSR count). The third-order valence-corrected chi connectivity index (χ3v) is 10.1. The zero-order valence-corrected chi connectivity index (χ0v) is 42.9. The molecule has 0 fully saturated rings. The van der Waals surface area contributed by atoms with Crippen LogP contribution in [0.5, 0.6) is 11.5 Å². The quantitative estimate of drug-likeness (QED) is 0.0177. The molecule has 3 amide bonds. The fourth-order valence-electron chi connectivity index (χ4n) is 6.59. The third kappa shape index (κ3) is 17.2. The van der Waals surface area contributed by atoms with Gasteiger partial charge in [-0.25, -0.2) is 33.7 Å². The minimum atomic E-state index is -3.23. The van der Waals surface area contributed by atoms with E-state index in [9.17, 15) is 40.7 Å². The van der Waals surface area contributed by atoms with Gasteiger partial charge >= 0.3 is 13.2 Å². The number of H-pyrrole nitrogens is 1. The van der Waals surface area contributed by atoms with Crippen LogP contribution in [0.4, 0.5) is 72.4 Å². The summed E-state index contributed by atoms with van der Waals surface area (Å²) < 4.78 is 98.6. The van der Waals surface area contributed by atoms with Crippen LogP contribution in [0.15, 0.2) is 91.8 Å². The molecule has 0 aliphatic rings. The number of carbonyl (C=O) groups is 3. The molecule has 0 aliphatic heterocycles. The number of nitrogens with one attached hydrogen (secondary N) is 7. The Morgan fingerprint density at radius 3 is 1.42 bits per heavy atom. The number of carbonyl (C=O) groups excluding carboxylic acids is 3. The number of primary amides is 1. The largest absolute Gasteiger partial charge is 0.432 e. The molecule has 78 heavy (non-hydrogen) atoms. The Hall–Kier alpha value is -9.23. The number of ether oxygens (including phenoxy) is 4. The number of rotatable bonds is 19. The van der Waals surface area contributed by atoms with Gasteiger partial charge < -0.3 is 56.6 Å². The molecule has 0 radical (unpaired) electrons. The number of aromatic amines is 1. The molecule has 2 aromatic carbocycles. The van der Waals surface area contributed by atoms with Gasteiger partial charge in [0, 0.05) is 52.8 Å². The highest BCUT2D eigenvalue weighted by molar-refractivity contribution is 6.02. The molecule has 0 unspecified atom stereocenters. The average molecular weight is 1100 g/mol. The van der Waals surface area contributed by atoms with Gasteiger partial charge in [0.15, 0.2) is 17.3 Å². The van der Waals surface area contributed by atoms with Crippen molar-refractivity contribution in [2.24, 2.45) is 17.4 Å². The molecule has 5 aromatic heterocycles. The number of alkyl halides is 4. The van der Waals surface area contributed by atoms with Crippen LogP contribution < -0.4 is 58.8 Å². The number of nitrogens with zero attached hydrogens (tertiary/aromatic N) is 7. The first-order chi connectivity index (χ1) is 37.3. The van der Waals surface area contributed by atoms with E-state index >= 15 is 0 Å². The molecule has 0 aliphatic carbocycles. The number of aromatic nitrogens is 7. The SMILES string of the molecule is CNC(=O)c1cnc(Nc2cc(C)c(F)cn2)cc1Nc1cccc(-c2ncn[nH]2)c1OC(F)F.CNC(=O)c1cnc(Nc2cc(C)c(F)cn2)cc1Nc1cccc(C(N)=O)c1OC(F)F.COC(OC)N(C)C.NN. The van der Waals surface area contributed by atoms with Crippen LogP contribution >= 0.6 is 0 Å². The molecule has 0 bridgehead atoms. The van der Waals surface area contributed by atoms with Crippen molar-refractivity contribution in [2.45, 2.75) is 33.5 Å². The van der Waals surface area contributed by atoms with Crippen molar-refractivity contribution in [3.63, 3.8) is 0 Å². The summed E-state index contributed by atoms with van der Waals surface area (Å²) in [6.07, 6.45) is 5.67. The van der Waals surface area contributed by atoms with Crippen LogP contribution in [0.25, 0.3) is 11.4 Å². The number of amides is 3. The summed E-state index contributed by atoms with van der Waals surface area (Å²) in [6.45, 7) is -3.20. The van der Waals surface area contributed by atoms with Crippen molar-refractivity contribution in [3.05, 3.63) is 131 Å². The van der Waals surface area contributed by atoms with Gasteiger partial charge in [-0.3, -0.25) is 36.1 Å². The zero-order chi connectivity index (χ0) is 57.6. The van der Waals surface area contributed by atoms with Gasteiger partial charge in [-0.2, -0.15) is 22.7 Å². The summed E-state index contributed by atoms with van der Waals surface area (Å²) in [6, 6.07) is 14.5. The predicted molar refractivity (Wildman–Crippen MR) is 276 cm³/mol. The lowest BCUT2D eigenvalue weighted by molar-refractivity contribution is -0.179. The predicted octanol–water partition coefficient (Wildman–Crippen LogP) is 6.57. The van der Waals surface area contributed by atoms with Crippen molar-refractivity contribution in [1.82, 2.24) is 50.7 Å². The Morgan fingerprint density at radius 1 is 0.603 bits per heavy atom. The number of hydrogen-bond acceptors (Lipinski definition) is 20. The van der Waals surface area contributed by atoms with Crippen molar-refractivity contribution in [1.29, 1.82) is 0 Å². The molecule has 5 heterocycles.